The predicted octanol–water partition coefficient (Wildman–Crippen LogP) is 7.39. The van der Waals surface area contributed by atoms with Gasteiger partial charge in [0.25, 0.3) is 0 Å². The number of carbonyl (C=O) groups is 2. The molecule has 0 unspecified atom stereocenters. The molecule has 0 aromatic carbocycles. The summed E-state index contributed by atoms with van der Waals surface area (Å²) in [5.41, 5.74) is 1.45. The van der Waals surface area contributed by atoms with Gasteiger partial charge in [-0.1, -0.05) is 46.8 Å². The number of ether oxygens (including phenoxy) is 1. The molecule has 3 nitrogen and oxygen atoms in total. The quantitative estimate of drug-likeness (QED) is 0.313. The van der Waals surface area contributed by atoms with Crippen LogP contribution in [0.4, 0.5) is 0 Å². The summed E-state index contributed by atoms with van der Waals surface area (Å²) in [7, 11) is 1.59. The first-order valence-electron chi connectivity index (χ1n) is 14.1. The molecule has 5 rings (SSSR count). The lowest BCUT2D eigenvalue weighted by molar-refractivity contribution is -0.235. The maximum absolute atomic E-state index is 13.3. The predicted molar refractivity (Wildman–Crippen MR) is 136 cm³/mol. The molecule has 0 heterocycles. The maximum Gasteiger partial charge on any atom is 0.312 e. The lowest BCUT2D eigenvalue weighted by Gasteiger charge is -2.72. The molecule has 34 heavy (non-hydrogen) atoms. The second kappa shape index (κ2) is 7.45. The molecule has 0 bridgehead atoms. The Kier molecular flexibility index (Phi) is 5.38. The summed E-state index contributed by atoms with van der Waals surface area (Å²) in [6, 6.07) is 0. The van der Waals surface area contributed by atoms with Crippen molar-refractivity contribution in [3.05, 3.63) is 12.2 Å². The highest BCUT2D eigenvalue weighted by Gasteiger charge is 2.72. The van der Waals surface area contributed by atoms with E-state index in [1.807, 2.05) is 0 Å². The van der Waals surface area contributed by atoms with Gasteiger partial charge < -0.3 is 4.74 Å². The maximum atomic E-state index is 13.3. The van der Waals surface area contributed by atoms with Crippen LogP contribution in [0.5, 0.6) is 0 Å². The van der Waals surface area contributed by atoms with E-state index in [2.05, 4.69) is 48.1 Å². The van der Waals surface area contributed by atoms with Gasteiger partial charge in [0.2, 0.25) is 0 Å². The minimum Gasteiger partial charge on any atom is -0.469 e. The molecule has 190 valence electrons. The lowest BCUT2D eigenvalue weighted by atomic mass is 9.32. The molecule has 0 aromatic rings. The fourth-order valence-corrected chi connectivity index (χ4v) is 11.5. The van der Waals surface area contributed by atoms with Gasteiger partial charge in [-0.25, -0.2) is 0 Å². The second-order valence-electron chi connectivity index (χ2n) is 14.5. The van der Waals surface area contributed by atoms with E-state index in [1.165, 1.54) is 31.3 Å². The summed E-state index contributed by atoms with van der Waals surface area (Å²) >= 11 is 0. The van der Waals surface area contributed by atoms with E-state index in [9.17, 15) is 9.59 Å². The average Bonchev–Trinajstić information content (AvgIpc) is 3.18. The number of Topliss-reactive ketones (excluding diaryl/α,β-unsaturated/α-hetero) is 1. The van der Waals surface area contributed by atoms with Crippen molar-refractivity contribution in [3.63, 3.8) is 0 Å². The molecule has 0 amide bonds. The Labute approximate surface area is 207 Å². The van der Waals surface area contributed by atoms with E-state index in [4.69, 9.17) is 4.74 Å². The van der Waals surface area contributed by atoms with E-state index in [1.54, 1.807) is 7.11 Å². The van der Waals surface area contributed by atoms with Gasteiger partial charge in [-0.15, -0.1) is 0 Å². The highest BCUT2D eigenvalue weighted by molar-refractivity contribution is 5.85. The lowest BCUT2D eigenvalue weighted by Crippen LogP contribution is -2.66. The molecule has 3 heteroatoms. The number of fused-ring (bicyclic) bond motifs is 7. The highest BCUT2D eigenvalue weighted by atomic mass is 16.5. The van der Waals surface area contributed by atoms with Crippen LogP contribution < -0.4 is 0 Å². The third kappa shape index (κ3) is 2.76. The molecule has 0 spiro atoms. The van der Waals surface area contributed by atoms with Crippen LogP contribution in [0, 0.1) is 56.7 Å². The van der Waals surface area contributed by atoms with Gasteiger partial charge in [0.15, 0.2) is 0 Å². The van der Waals surface area contributed by atoms with Crippen LogP contribution in [0.3, 0.4) is 0 Å². The molecule has 5 aliphatic carbocycles. The molecular formula is C31H48O3. The standard InChI is InChI=1S/C31H48O3/c1-19(2)20-11-16-31(26(33)34-8)18-17-29(6)21(25(20)31)9-10-23-28(5)14-13-24(32)27(3,4)22(28)12-15-30(23,29)7/h20-23,25H,1,9-18H2,2-8H3/t20-,21-,22-,23+,25-,28+,29-,30+,31-/m1/s1. The molecule has 0 radical (unpaired) electrons. The summed E-state index contributed by atoms with van der Waals surface area (Å²) in [5, 5.41) is 0. The van der Waals surface area contributed by atoms with Crippen molar-refractivity contribution in [1.82, 2.24) is 0 Å². The Balaban J connectivity index is 1.57. The van der Waals surface area contributed by atoms with Crippen LogP contribution in [0.25, 0.3) is 0 Å². The number of ketones is 1. The molecule has 0 aliphatic heterocycles. The molecule has 9 atom stereocenters. The van der Waals surface area contributed by atoms with E-state index < -0.39 is 0 Å². The Bertz CT molecular complexity index is 918. The van der Waals surface area contributed by atoms with E-state index in [-0.39, 0.29) is 33.0 Å². The van der Waals surface area contributed by atoms with E-state index >= 15 is 0 Å². The average molecular weight is 469 g/mol. The first-order valence-corrected chi connectivity index (χ1v) is 14.1. The third-order valence-corrected chi connectivity index (χ3v) is 13.4. The van der Waals surface area contributed by atoms with Gasteiger partial charge in [-0.2, -0.15) is 0 Å². The summed E-state index contributed by atoms with van der Waals surface area (Å²) in [6.45, 7) is 18.8. The highest BCUT2D eigenvalue weighted by Crippen LogP contribution is 2.77. The number of hydrogen-bond donors (Lipinski definition) is 0. The number of methoxy groups -OCH3 is 1. The smallest absolute Gasteiger partial charge is 0.312 e. The normalized spacial score (nSPS) is 51.5. The van der Waals surface area contributed by atoms with Gasteiger partial charge in [-0.3, -0.25) is 9.59 Å². The van der Waals surface area contributed by atoms with Crippen molar-refractivity contribution in [1.29, 1.82) is 0 Å². The van der Waals surface area contributed by atoms with Crippen LogP contribution in [0.1, 0.15) is 106 Å². The minimum absolute atomic E-state index is 0.0405. The van der Waals surface area contributed by atoms with Crippen molar-refractivity contribution >= 4 is 11.8 Å². The number of rotatable bonds is 2. The first kappa shape index (κ1) is 24.6. The molecule has 0 saturated heterocycles. The number of carbonyl (C=O) groups excluding carboxylic acids is 2. The van der Waals surface area contributed by atoms with Crippen LogP contribution in [0.2, 0.25) is 0 Å². The van der Waals surface area contributed by atoms with Crippen molar-refractivity contribution < 1.29 is 14.3 Å². The number of allylic oxidation sites excluding steroid dienone is 1. The Morgan fingerprint density at radius 2 is 1.59 bits per heavy atom. The summed E-state index contributed by atoms with van der Waals surface area (Å²) in [5.74, 6) is 3.01. The zero-order valence-electron chi connectivity index (χ0n) is 22.9. The van der Waals surface area contributed by atoms with Crippen LogP contribution in [-0.4, -0.2) is 18.9 Å². The Morgan fingerprint density at radius 3 is 2.24 bits per heavy atom. The first-order chi connectivity index (χ1) is 15.8. The van der Waals surface area contributed by atoms with Crippen LogP contribution >= 0.6 is 0 Å². The van der Waals surface area contributed by atoms with Crippen LogP contribution in [0.15, 0.2) is 12.2 Å². The van der Waals surface area contributed by atoms with Crippen LogP contribution in [-0.2, 0) is 14.3 Å². The topological polar surface area (TPSA) is 43.4 Å². The van der Waals surface area contributed by atoms with Crippen molar-refractivity contribution in [3.8, 4) is 0 Å². The Hall–Kier alpha value is -1.12. The van der Waals surface area contributed by atoms with E-state index in [0.29, 0.717) is 35.4 Å². The number of esters is 1. The van der Waals surface area contributed by atoms with Gasteiger partial charge in [0.05, 0.1) is 12.5 Å². The van der Waals surface area contributed by atoms with Gasteiger partial charge in [-0.05, 0) is 111 Å². The van der Waals surface area contributed by atoms with Gasteiger partial charge in [0.1, 0.15) is 5.78 Å². The zero-order valence-corrected chi connectivity index (χ0v) is 22.9. The van der Waals surface area contributed by atoms with E-state index in [0.717, 1.165) is 38.5 Å². The summed E-state index contributed by atoms with van der Waals surface area (Å²) in [4.78, 5) is 26.3. The molecular weight excluding hydrogens is 420 g/mol. The van der Waals surface area contributed by atoms with Gasteiger partial charge in [0, 0.05) is 11.8 Å². The SMILES string of the molecule is C=C(C)[C@H]1CC[C@@]2(C(=O)OC)CC[C@]3(C)[C@H](CC[C@H]4[C@@]5(C)CCC(=O)C(C)(C)[C@H]5CC[C@@]43C)[C@@H]12. The van der Waals surface area contributed by atoms with Crippen molar-refractivity contribution in [2.45, 2.75) is 106 Å². The molecule has 5 saturated carbocycles. The zero-order chi connectivity index (χ0) is 24.9. The summed E-state index contributed by atoms with van der Waals surface area (Å²) < 4.78 is 5.49. The molecule has 0 aromatic heterocycles. The molecule has 5 aliphatic rings. The van der Waals surface area contributed by atoms with Crippen molar-refractivity contribution in [2.75, 3.05) is 7.11 Å². The molecule has 0 N–H and O–H groups in total. The largest absolute Gasteiger partial charge is 0.469 e. The Morgan fingerprint density at radius 1 is 0.882 bits per heavy atom. The molecule has 5 fully saturated rings. The third-order valence-electron chi connectivity index (χ3n) is 13.4. The van der Waals surface area contributed by atoms with Crippen molar-refractivity contribution in [2.24, 2.45) is 56.7 Å². The fourth-order valence-electron chi connectivity index (χ4n) is 11.5. The monoisotopic (exact) mass is 468 g/mol. The summed E-state index contributed by atoms with van der Waals surface area (Å²) in [6.07, 6.45) is 10.8. The minimum atomic E-state index is -0.313. The number of hydrogen-bond acceptors (Lipinski definition) is 3. The second-order valence-corrected chi connectivity index (χ2v) is 14.5. The van der Waals surface area contributed by atoms with Gasteiger partial charge >= 0.3 is 5.97 Å². The fraction of sp³-hybridized carbons (Fsp3) is 0.871.